The first-order valence-corrected chi connectivity index (χ1v) is 10.9. The molecule has 1 saturated heterocycles. The minimum Gasteiger partial charge on any atom is -0.379 e. The standard InChI is InChI=1S/C24H23FN6O2/c1-15-13-27-21-17(22(29-15)16-4-2-3-5-20(16)25)12-18(23-19(21)14-28-30-23)24(32)26-6-7-31-8-10-33-11-9-31/h2-5,12-14H,6-11H2,1H3,(H,26,32). The van der Waals surface area contributed by atoms with E-state index in [0.717, 1.165) is 19.6 Å². The third-order valence-corrected chi connectivity index (χ3v) is 5.77. The van der Waals surface area contributed by atoms with Gasteiger partial charge in [0, 0.05) is 48.7 Å². The molecule has 1 fully saturated rings. The van der Waals surface area contributed by atoms with Crippen molar-refractivity contribution in [1.29, 1.82) is 0 Å². The maximum absolute atomic E-state index is 14.7. The van der Waals surface area contributed by atoms with Gasteiger partial charge in [-0.3, -0.25) is 19.7 Å². The van der Waals surface area contributed by atoms with E-state index < -0.39 is 5.82 Å². The molecule has 0 atom stereocenters. The van der Waals surface area contributed by atoms with E-state index >= 15 is 0 Å². The zero-order valence-electron chi connectivity index (χ0n) is 18.2. The molecule has 0 radical (unpaired) electrons. The fourth-order valence-electron chi connectivity index (χ4n) is 4.08. The molecular formula is C24H23FN6O2. The number of nitrogens with one attached hydrogen (secondary N) is 1. The molecule has 0 saturated carbocycles. The van der Waals surface area contributed by atoms with Gasteiger partial charge in [0.05, 0.1) is 41.9 Å². The van der Waals surface area contributed by atoms with Gasteiger partial charge in [0.1, 0.15) is 11.3 Å². The molecule has 1 aliphatic heterocycles. The molecule has 1 amide bonds. The first-order valence-electron chi connectivity index (χ1n) is 10.9. The van der Waals surface area contributed by atoms with Gasteiger partial charge in [0.2, 0.25) is 0 Å². The molecule has 168 valence electrons. The Bertz CT molecular complexity index is 1340. The Morgan fingerprint density at radius 2 is 1.97 bits per heavy atom. The molecule has 1 aliphatic rings. The lowest BCUT2D eigenvalue weighted by Crippen LogP contribution is -2.41. The number of fused-ring (bicyclic) bond motifs is 3. The Kier molecular flexibility index (Phi) is 5.89. The number of amides is 1. The number of hydrogen-bond acceptors (Lipinski definition) is 7. The summed E-state index contributed by atoms with van der Waals surface area (Å²) in [5, 5.41) is 12.4. The fraction of sp³-hybridized carbons (Fsp3) is 0.292. The molecule has 0 spiro atoms. The highest BCUT2D eigenvalue weighted by Gasteiger charge is 2.20. The van der Waals surface area contributed by atoms with Gasteiger partial charge in [-0.15, -0.1) is 5.10 Å². The molecule has 33 heavy (non-hydrogen) atoms. The Hall–Kier alpha value is -3.56. The minimum absolute atomic E-state index is 0.265. The third-order valence-electron chi connectivity index (χ3n) is 5.77. The molecule has 0 bridgehead atoms. The Labute approximate surface area is 189 Å². The second-order valence-corrected chi connectivity index (χ2v) is 7.98. The zero-order valence-corrected chi connectivity index (χ0v) is 18.2. The number of benzene rings is 2. The maximum Gasteiger partial charge on any atom is 0.253 e. The summed E-state index contributed by atoms with van der Waals surface area (Å²) in [4.78, 5) is 24.6. The average Bonchev–Trinajstić information content (AvgIpc) is 3.25. The van der Waals surface area contributed by atoms with Gasteiger partial charge < -0.3 is 10.1 Å². The van der Waals surface area contributed by atoms with Gasteiger partial charge >= 0.3 is 0 Å². The summed E-state index contributed by atoms with van der Waals surface area (Å²) in [5.74, 6) is -0.661. The van der Waals surface area contributed by atoms with Crippen LogP contribution in [0.3, 0.4) is 0 Å². The van der Waals surface area contributed by atoms with Crippen molar-refractivity contribution in [1.82, 2.24) is 30.4 Å². The quantitative estimate of drug-likeness (QED) is 0.504. The topological polar surface area (TPSA) is 93.1 Å². The lowest BCUT2D eigenvalue weighted by molar-refractivity contribution is 0.0383. The molecule has 2 aromatic heterocycles. The van der Waals surface area contributed by atoms with E-state index in [2.05, 4.69) is 30.4 Å². The number of aromatic nitrogens is 4. The van der Waals surface area contributed by atoms with Crippen LogP contribution < -0.4 is 5.32 Å². The highest BCUT2D eigenvalue weighted by atomic mass is 19.1. The van der Waals surface area contributed by atoms with E-state index in [1.807, 2.05) is 0 Å². The number of carbonyl (C=O) groups is 1. The molecule has 2 aromatic carbocycles. The number of aryl methyl sites for hydroxylation is 1. The fourth-order valence-corrected chi connectivity index (χ4v) is 4.08. The van der Waals surface area contributed by atoms with Gasteiger partial charge in [-0.25, -0.2) is 4.39 Å². The van der Waals surface area contributed by atoms with Crippen LogP contribution in [-0.4, -0.2) is 70.4 Å². The molecule has 5 rings (SSSR count). The summed E-state index contributed by atoms with van der Waals surface area (Å²) in [6.45, 7) is 6.14. The van der Waals surface area contributed by atoms with Crippen molar-refractivity contribution >= 4 is 27.7 Å². The largest absolute Gasteiger partial charge is 0.379 e. The third kappa shape index (κ3) is 4.24. The van der Waals surface area contributed by atoms with Gasteiger partial charge in [-0.1, -0.05) is 12.1 Å². The van der Waals surface area contributed by atoms with Gasteiger partial charge in [0.15, 0.2) is 0 Å². The van der Waals surface area contributed by atoms with E-state index in [4.69, 9.17) is 4.74 Å². The van der Waals surface area contributed by atoms with Gasteiger partial charge in [-0.05, 0) is 25.1 Å². The first-order chi connectivity index (χ1) is 16.1. The van der Waals surface area contributed by atoms with Crippen LogP contribution in [0.2, 0.25) is 0 Å². The summed E-state index contributed by atoms with van der Waals surface area (Å²) >= 11 is 0. The molecule has 9 heteroatoms. The van der Waals surface area contributed by atoms with Crippen LogP contribution >= 0.6 is 0 Å². The van der Waals surface area contributed by atoms with E-state index in [1.54, 1.807) is 43.6 Å². The Morgan fingerprint density at radius 1 is 1.15 bits per heavy atom. The summed E-state index contributed by atoms with van der Waals surface area (Å²) in [6.07, 6.45) is 3.21. The molecule has 0 unspecified atom stereocenters. The van der Waals surface area contributed by atoms with Crippen molar-refractivity contribution < 1.29 is 13.9 Å². The highest BCUT2D eigenvalue weighted by Crippen LogP contribution is 2.32. The SMILES string of the molecule is Cc1cnc2c(cc(C(=O)NCCN3CCOCC3)c3nncc32)c(-c2ccccc2F)n1. The predicted molar refractivity (Wildman–Crippen MR) is 122 cm³/mol. The number of ether oxygens (including phenoxy) is 1. The van der Waals surface area contributed by atoms with Crippen LogP contribution in [0.15, 0.2) is 42.7 Å². The highest BCUT2D eigenvalue weighted by molar-refractivity contribution is 6.16. The van der Waals surface area contributed by atoms with Crippen molar-refractivity contribution in [2.45, 2.75) is 6.92 Å². The van der Waals surface area contributed by atoms with Crippen LogP contribution in [-0.2, 0) is 4.74 Å². The maximum atomic E-state index is 14.7. The molecule has 4 aromatic rings. The molecule has 1 N–H and O–H groups in total. The molecular weight excluding hydrogens is 423 g/mol. The normalized spacial score (nSPS) is 14.6. The Morgan fingerprint density at radius 3 is 2.79 bits per heavy atom. The number of halogens is 1. The molecule has 0 aliphatic carbocycles. The van der Waals surface area contributed by atoms with Crippen LogP contribution in [0.5, 0.6) is 0 Å². The average molecular weight is 446 g/mol. The van der Waals surface area contributed by atoms with Crippen LogP contribution in [0.4, 0.5) is 4.39 Å². The molecule has 3 heterocycles. The summed E-state index contributed by atoms with van der Waals surface area (Å²) in [7, 11) is 0. The number of morpholine rings is 1. The van der Waals surface area contributed by atoms with Crippen LogP contribution in [0.25, 0.3) is 33.1 Å². The number of rotatable bonds is 5. The van der Waals surface area contributed by atoms with Gasteiger partial charge in [0.25, 0.3) is 5.91 Å². The summed E-state index contributed by atoms with van der Waals surface area (Å²) in [6, 6.07) is 8.14. The molecule has 8 nitrogen and oxygen atoms in total. The van der Waals surface area contributed by atoms with Crippen molar-refractivity contribution in [2.24, 2.45) is 0 Å². The monoisotopic (exact) mass is 446 g/mol. The zero-order chi connectivity index (χ0) is 22.8. The van der Waals surface area contributed by atoms with Gasteiger partial charge in [-0.2, -0.15) is 5.10 Å². The van der Waals surface area contributed by atoms with Crippen molar-refractivity contribution in [3.63, 3.8) is 0 Å². The van der Waals surface area contributed by atoms with E-state index in [1.165, 1.54) is 6.07 Å². The lowest BCUT2D eigenvalue weighted by Gasteiger charge is -2.26. The van der Waals surface area contributed by atoms with Crippen molar-refractivity contribution in [3.05, 3.63) is 59.8 Å². The number of nitrogens with zero attached hydrogens (tertiary/aromatic N) is 5. The van der Waals surface area contributed by atoms with Crippen LogP contribution in [0.1, 0.15) is 16.1 Å². The lowest BCUT2D eigenvalue weighted by atomic mass is 10.0. The van der Waals surface area contributed by atoms with E-state index in [9.17, 15) is 9.18 Å². The first kappa shape index (κ1) is 21.3. The van der Waals surface area contributed by atoms with E-state index in [-0.39, 0.29) is 5.91 Å². The minimum atomic E-state index is -0.396. The number of carbonyl (C=O) groups excluding carboxylic acids is 1. The summed E-state index contributed by atoms with van der Waals surface area (Å²) in [5.41, 5.74) is 2.78. The second-order valence-electron chi connectivity index (χ2n) is 7.98. The van der Waals surface area contributed by atoms with Crippen LogP contribution in [0, 0.1) is 12.7 Å². The van der Waals surface area contributed by atoms with E-state index in [0.29, 0.717) is 64.1 Å². The predicted octanol–water partition coefficient (Wildman–Crippen LogP) is 2.75. The summed E-state index contributed by atoms with van der Waals surface area (Å²) < 4.78 is 20.1. The second kappa shape index (κ2) is 9.13. The van der Waals surface area contributed by atoms with Crippen molar-refractivity contribution in [3.8, 4) is 11.3 Å². The van der Waals surface area contributed by atoms with Crippen molar-refractivity contribution in [2.75, 3.05) is 39.4 Å². The smallest absolute Gasteiger partial charge is 0.253 e. The number of hydrogen-bond donors (Lipinski definition) is 1. The Balaban J connectivity index is 1.58.